The van der Waals surface area contributed by atoms with Crippen molar-refractivity contribution in [2.45, 2.75) is 45.6 Å². The minimum absolute atomic E-state index is 0.307. The second-order valence-electron chi connectivity index (χ2n) is 5.70. The molecule has 1 atom stereocenters. The van der Waals surface area contributed by atoms with Crippen LogP contribution in [0.25, 0.3) is 11.0 Å². The third-order valence-corrected chi connectivity index (χ3v) is 4.21. The summed E-state index contributed by atoms with van der Waals surface area (Å²) in [5.74, 6) is 0.842. The first-order valence-corrected chi connectivity index (χ1v) is 7.36. The Morgan fingerprint density at radius 2 is 2.25 bits per heavy atom. The number of carboxylic acid groups (broad SMARTS) is 1. The van der Waals surface area contributed by atoms with Crippen LogP contribution in [0, 0.1) is 5.92 Å². The average Bonchev–Trinajstić information content (AvgIpc) is 3.19. The van der Waals surface area contributed by atoms with Crippen molar-refractivity contribution in [3.05, 3.63) is 29.6 Å². The van der Waals surface area contributed by atoms with Gasteiger partial charge in [-0.05, 0) is 44.2 Å². The number of rotatable bonds is 5. The van der Waals surface area contributed by atoms with Crippen molar-refractivity contribution in [1.29, 1.82) is 0 Å². The monoisotopic (exact) mass is 272 g/mol. The van der Waals surface area contributed by atoms with E-state index < -0.39 is 5.97 Å². The largest absolute Gasteiger partial charge is 0.478 e. The Bertz CT molecular complexity index is 656. The number of nitrogens with zero attached hydrogens (tertiary/aromatic N) is 2. The molecule has 1 aliphatic carbocycles. The van der Waals surface area contributed by atoms with Gasteiger partial charge < -0.3 is 9.67 Å². The van der Waals surface area contributed by atoms with E-state index in [1.165, 1.54) is 12.8 Å². The Balaban J connectivity index is 2.21. The quantitative estimate of drug-likeness (QED) is 0.903. The zero-order valence-corrected chi connectivity index (χ0v) is 12.0. The number of aromatic carboxylic acids is 1. The number of benzene rings is 1. The van der Waals surface area contributed by atoms with E-state index in [9.17, 15) is 9.90 Å². The maximum atomic E-state index is 11.4. The Kier molecular flexibility index (Phi) is 3.24. The lowest BCUT2D eigenvalue weighted by Gasteiger charge is -2.17. The van der Waals surface area contributed by atoms with Gasteiger partial charge in [0.15, 0.2) is 0 Å². The third-order valence-electron chi connectivity index (χ3n) is 4.21. The summed E-state index contributed by atoms with van der Waals surface area (Å²) in [5.41, 5.74) is 1.91. The van der Waals surface area contributed by atoms with Crippen molar-refractivity contribution in [1.82, 2.24) is 9.55 Å². The highest BCUT2D eigenvalue weighted by Gasteiger charge is 2.31. The van der Waals surface area contributed by atoms with E-state index >= 15 is 0 Å². The Labute approximate surface area is 118 Å². The molecule has 4 heteroatoms. The van der Waals surface area contributed by atoms with E-state index in [0.717, 1.165) is 30.1 Å². The van der Waals surface area contributed by atoms with Crippen LogP contribution in [-0.4, -0.2) is 20.6 Å². The summed E-state index contributed by atoms with van der Waals surface area (Å²) in [6.45, 7) is 4.36. The highest BCUT2D eigenvalue weighted by molar-refractivity contribution is 6.01. The minimum Gasteiger partial charge on any atom is -0.478 e. The van der Waals surface area contributed by atoms with E-state index in [2.05, 4.69) is 23.4 Å². The molecule has 0 aliphatic heterocycles. The van der Waals surface area contributed by atoms with Gasteiger partial charge in [0.1, 0.15) is 11.3 Å². The van der Waals surface area contributed by atoms with Gasteiger partial charge in [-0.25, -0.2) is 9.78 Å². The SMILES string of the molecule is CCCc1nc2c(C(=O)O)cccc2n1C(C)C1CC1. The van der Waals surface area contributed by atoms with Gasteiger partial charge in [0.25, 0.3) is 0 Å². The van der Waals surface area contributed by atoms with Crippen LogP contribution in [0.4, 0.5) is 0 Å². The maximum Gasteiger partial charge on any atom is 0.337 e. The number of hydrogen-bond acceptors (Lipinski definition) is 2. The molecule has 1 fully saturated rings. The molecule has 0 radical (unpaired) electrons. The van der Waals surface area contributed by atoms with E-state index in [1.807, 2.05) is 12.1 Å². The van der Waals surface area contributed by atoms with Gasteiger partial charge in [-0.3, -0.25) is 0 Å². The molecule has 1 unspecified atom stereocenters. The fourth-order valence-corrected chi connectivity index (χ4v) is 2.98. The van der Waals surface area contributed by atoms with Crippen LogP contribution in [0.1, 0.15) is 55.3 Å². The zero-order valence-electron chi connectivity index (χ0n) is 12.0. The molecule has 1 N–H and O–H groups in total. The van der Waals surface area contributed by atoms with Crippen LogP contribution in [0.5, 0.6) is 0 Å². The first-order valence-electron chi connectivity index (χ1n) is 7.36. The van der Waals surface area contributed by atoms with Crippen LogP contribution in [-0.2, 0) is 6.42 Å². The van der Waals surface area contributed by atoms with Crippen molar-refractivity contribution < 1.29 is 9.90 Å². The molecular formula is C16H20N2O2. The number of para-hydroxylation sites is 1. The van der Waals surface area contributed by atoms with Crippen molar-refractivity contribution >= 4 is 17.0 Å². The van der Waals surface area contributed by atoms with Crippen molar-refractivity contribution in [3.63, 3.8) is 0 Å². The van der Waals surface area contributed by atoms with Crippen molar-refractivity contribution in [3.8, 4) is 0 Å². The fourth-order valence-electron chi connectivity index (χ4n) is 2.98. The molecule has 0 spiro atoms. The zero-order chi connectivity index (χ0) is 14.3. The Morgan fingerprint density at radius 1 is 1.50 bits per heavy atom. The van der Waals surface area contributed by atoms with Gasteiger partial charge in [0.05, 0.1) is 11.1 Å². The lowest BCUT2D eigenvalue weighted by atomic mass is 10.1. The molecule has 106 valence electrons. The van der Waals surface area contributed by atoms with Crippen LogP contribution in [0.15, 0.2) is 18.2 Å². The first-order chi connectivity index (χ1) is 9.63. The molecule has 1 aromatic heterocycles. The second kappa shape index (κ2) is 4.93. The minimum atomic E-state index is -0.901. The average molecular weight is 272 g/mol. The van der Waals surface area contributed by atoms with E-state index in [-0.39, 0.29) is 0 Å². The summed E-state index contributed by atoms with van der Waals surface area (Å²) in [7, 11) is 0. The summed E-state index contributed by atoms with van der Waals surface area (Å²) in [6.07, 6.45) is 4.45. The molecule has 4 nitrogen and oxygen atoms in total. The number of aryl methyl sites for hydroxylation is 1. The summed E-state index contributed by atoms with van der Waals surface area (Å²) in [6, 6.07) is 5.86. The van der Waals surface area contributed by atoms with Crippen LogP contribution in [0.2, 0.25) is 0 Å². The molecular weight excluding hydrogens is 252 g/mol. The van der Waals surface area contributed by atoms with Gasteiger partial charge in [-0.2, -0.15) is 0 Å². The topological polar surface area (TPSA) is 55.1 Å². The number of carboxylic acids is 1. The van der Waals surface area contributed by atoms with Crippen molar-refractivity contribution in [2.75, 3.05) is 0 Å². The molecule has 3 rings (SSSR count). The third kappa shape index (κ3) is 2.09. The molecule has 1 aromatic carbocycles. The Morgan fingerprint density at radius 3 is 2.85 bits per heavy atom. The summed E-state index contributed by atoms with van der Waals surface area (Å²) < 4.78 is 2.27. The smallest absolute Gasteiger partial charge is 0.337 e. The second-order valence-corrected chi connectivity index (χ2v) is 5.70. The molecule has 2 aromatic rings. The van der Waals surface area contributed by atoms with Crippen LogP contribution in [0.3, 0.4) is 0 Å². The predicted molar refractivity (Wildman–Crippen MR) is 78.1 cm³/mol. The molecule has 0 bridgehead atoms. The van der Waals surface area contributed by atoms with Gasteiger partial charge in [-0.1, -0.05) is 13.0 Å². The van der Waals surface area contributed by atoms with Gasteiger partial charge in [-0.15, -0.1) is 0 Å². The number of imidazole rings is 1. The van der Waals surface area contributed by atoms with E-state index in [4.69, 9.17) is 0 Å². The highest BCUT2D eigenvalue weighted by Crippen LogP contribution is 2.41. The summed E-state index contributed by atoms with van der Waals surface area (Å²) in [5, 5.41) is 9.32. The molecule has 0 amide bonds. The number of hydrogen-bond donors (Lipinski definition) is 1. The van der Waals surface area contributed by atoms with Gasteiger partial charge >= 0.3 is 5.97 Å². The van der Waals surface area contributed by atoms with Crippen molar-refractivity contribution in [2.24, 2.45) is 5.92 Å². The first kappa shape index (κ1) is 13.2. The lowest BCUT2D eigenvalue weighted by molar-refractivity contribution is 0.0699. The number of carbonyl (C=O) groups is 1. The number of aromatic nitrogens is 2. The summed E-state index contributed by atoms with van der Waals surface area (Å²) >= 11 is 0. The summed E-state index contributed by atoms with van der Waals surface area (Å²) in [4.78, 5) is 16.0. The van der Waals surface area contributed by atoms with Gasteiger partial charge in [0.2, 0.25) is 0 Å². The predicted octanol–water partition coefficient (Wildman–Crippen LogP) is 3.66. The molecule has 1 aliphatic rings. The standard InChI is InChI=1S/C16H20N2O2/c1-3-5-14-17-15-12(16(19)20)6-4-7-13(15)18(14)10(2)11-8-9-11/h4,6-7,10-11H,3,5,8-9H2,1-2H3,(H,19,20). The fraction of sp³-hybridized carbons (Fsp3) is 0.500. The van der Waals surface area contributed by atoms with Crippen LogP contribution >= 0.6 is 0 Å². The molecule has 1 saturated carbocycles. The number of fused-ring (bicyclic) bond motifs is 1. The van der Waals surface area contributed by atoms with E-state index in [1.54, 1.807) is 6.07 Å². The maximum absolute atomic E-state index is 11.4. The molecule has 20 heavy (non-hydrogen) atoms. The lowest BCUT2D eigenvalue weighted by Crippen LogP contribution is -2.11. The molecule has 0 saturated heterocycles. The molecule has 1 heterocycles. The Hall–Kier alpha value is -1.84. The van der Waals surface area contributed by atoms with Crippen LogP contribution < -0.4 is 0 Å². The normalized spacial score (nSPS) is 16.5. The van der Waals surface area contributed by atoms with E-state index in [0.29, 0.717) is 17.1 Å². The van der Waals surface area contributed by atoms with Gasteiger partial charge in [0, 0.05) is 12.5 Å². The highest BCUT2D eigenvalue weighted by atomic mass is 16.4.